The van der Waals surface area contributed by atoms with Crippen LogP contribution in [0.3, 0.4) is 0 Å². The van der Waals surface area contributed by atoms with Crippen LogP contribution in [0.25, 0.3) is 0 Å². The van der Waals surface area contributed by atoms with Gasteiger partial charge in [0, 0.05) is 11.8 Å². The fraction of sp³-hybridized carbons (Fsp3) is 0.238. The van der Waals surface area contributed by atoms with Crippen LogP contribution >= 0.6 is 0 Å². The van der Waals surface area contributed by atoms with E-state index in [0.717, 1.165) is 11.1 Å². The summed E-state index contributed by atoms with van der Waals surface area (Å²) in [6, 6.07) is 18.8. The number of allylic oxidation sites excluding steroid dienone is 2. The van der Waals surface area contributed by atoms with Gasteiger partial charge in [0.1, 0.15) is 0 Å². The lowest BCUT2D eigenvalue weighted by molar-refractivity contribution is 0.0954. The highest BCUT2D eigenvalue weighted by Gasteiger charge is 2.40. The number of quaternary nitrogens is 1. The van der Waals surface area contributed by atoms with Crippen molar-refractivity contribution in [1.82, 2.24) is 6.15 Å². The molecule has 0 spiro atoms. The Labute approximate surface area is 161 Å². The first-order chi connectivity index (χ1) is 12.4. The summed E-state index contributed by atoms with van der Waals surface area (Å²) < 4.78 is 39.6. The van der Waals surface area contributed by atoms with Gasteiger partial charge in [-0.1, -0.05) is 72.8 Å². The summed E-state index contributed by atoms with van der Waals surface area (Å²) in [5.74, 6) is 0. The molecule has 0 aliphatic rings. The molecular weight excluding hydrogens is 362 g/mol. The fourth-order valence-electron chi connectivity index (χ4n) is 3.34. The van der Waals surface area contributed by atoms with Gasteiger partial charge in [0.2, 0.25) is 10.4 Å². The van der Waals surface area contributed by atoms with Crippen LogP contribution < -0.4 is 6.15 Å². The Morgan fingerprint density at radius 3 is 1.89 bits per heavy atom. The lowest BCUT2D eigenvalue weighted by Crippen LogP contribution is -2.43. The maximum absolute atomic E-state index is 11.5. The van der Waals surface area contributed by atoms with Crippen molar-refractivity contribution in [3.8, 4) is 0 Å². The highest BCUT2D eigenvalue weighted by atomic mass is 32.3. The first kappa shape index (κ1) is 22.8. The van der Waals surface area contributed by atoms with E-state index in [4.69, 9.17) is 4.18 Å². The number of rotatable bonds is 10. The van der Waals surface area contributed by atoms with Gasteiger partial charge >= 0.3 is 0 Å². The normalized spacial score (nSPS) is 12.6. The third-order valence-electron chi connectivity index (χ3n) is 4.48. The van der Waals surface area contributed by atoms with Crippen LogP contribution in [0.2, 0.25) is 0 Å². The van der Waals surface area contributed by atoms with Gasteiger partial charge in [0.05, 0.1) is 6.10 Å². The zero-order valence-corrected chi connectivity index (χ0v) is 16.4. The molecule has 0 saturated heterocycles. The van der Waals surface area contributed by atoms with E-state index in [9.17, 15) is 13.0 Å². The third kappa shape index (κ3) is 6.15. The SMILES string of the molecule is C=CCC(CC=C)(c1ccccc1)C(Cc1ccccc1)OS(=O)(=O)[O-].[NH4+]. The quantitative estimate of drug-likeness (QED) is 0.366. The van der Waals surface area contributed by atoms with Crippen molar-refractivity contribution in [3.05, 3.63) is 97.1 Å². The molecule has 2 aromatic rings. The number of hydrogen-bond acceptors (Lipinski definition) is 4. The predicted octanol–water partition coefficient (Wildman–Crippen LogP) is 4.54. The van der Waals surface area contributed by atoms with Crippen LogP contribution in [0.5, 0.6) is 0 Å². The molecule has 1 atom stereocenters. The highest BCUT2D eigenvalue weighted by Crippen LogP contribution is 2.40. The molecule has 1 unspecified atom stereocenters. The first-order valence-electron chi connectivity index (χ1n) is 8.36. The molecule has 0 aliphatic heterocycles. The summed E-state index contributed by atoms with van der Waals surface area (Å²) in [7, 11) is -4.89. The van der Waals surface area contributed by atoms with Gasteiger partial charge in [-0.3, -0.25) is 4.18 Å². The largest absolute Gasteiger partial charge is 0.726 e. The minimum atomic E-state index is -4.89. The van der Waals surface area contributed by atoms with E-state index in [0.29, 0.717) is 12.8 Å². The average Bonchev–Trinajstić information content (AvgIpc) is 2.61. The van der Waals surface area contributed by atoms with E-state index < -0.39 is 21.9 Å². The van der Waals surface area contributed by atoms with E-state index in [1.54, 1.807) is 12.2 Å². The summed E-state index contributed by atoms with van der Waals surface area (Å²) in [5, 5.41) is 0. The Morgan fingerprint density at radius 2 is 1.44 bits per heavy atom. The van der Waals surface area contributed by atoms with Gasteiger partial charge in [0.15, 0.2) is 0 Å². The lowest BCUT2D eigenvalue weighted by atomic mass is 9.69. The molecule has 27 heavy (non-hydrogen) atoms. The number of benzene rings is 2. The Bertz CT molecular complexity index is 810. The summed E-state index contributed by atoms with van der Waals surface area (Å²) in [5.41, 5.74) is 0.997. The van der Waals surface area contributed by atoms with Gasteiger partial charge < -0.3 is 10.7 Å². The van der Waals surface area contributed by atoms with Crippen LogP contribution in [0, 0.1) is 0 Å². The molecule has 146 valence electrons. The van der Waals surface area contributed by atoms with Gasteiger partial charge in [0.25, 0.3) is 0 Å². The van der Waals surface area contributed by atoms with Crippen molar-refractivity contribution < 1.29 is 17.2 Å². The molecule has 2 aromatic carbocycles. The molecular formula is C21H27NO4S. The molecule has 2 rings (SSSR count). The molecule has 0 aromatic heterocycles. The van der Waals surface area contributed by atoms with Crippen LogP contribution in [0.1, 0.15) is 24.0 Å². The minimum absolute atomic E-state index is 0. The van der Waals surface area contributed by atoms with Gasteiger partial charge in [-0.05, 0) is 24.0 Å². The van der Waals surface area contributed by atoms with Gasteiger partial charge in [-0.2, -0.15) is 0 Å². The third-order valence-corrected chi connectivity index (χ3v) is 4.95. The highest BCUT2D eigenvalue weighted by molar-refractivity contribution is 7.80. The van der Waals surface area contributed by atoms with Crippen molar-refractivity contribution in [1.29, 1.82) is 0 Å². The zero-order valence-electron chi connectivity index (χ0n) is 15.6. The standard InChI is InChI=1S/C21H24O4S.H3N/c1-3-15-21(16-4-2,19-13-9-6-10-14-19)20(25-26(22,23)24)17-18-11-7-5-8-12-18;/h3-14,20H,1-2,15-17H2,(H,22,23,24);1H3. The predicted molar refractivity (Wildman–Crippen MR) is 108 cm³/mol. The summed E-state index contributed by atoms with van der Waals surface area (Å²) in [4.78, 5) is 0. The molecule has 6 heteroatoms. The van der Waals surface area contributed by atoms with E-state index in [1.807, 2.05) is 60.7 Å². The van der Waals surface area contributed by atoms with Gasteiger partial charge in [-0.25, -0.2) is 8.42 Å². The van der Waals surface area contributed by atoms with Crippen LogP contribution in [0.15, 0.2) is 86.0 Å². The fourth-order valence-corrected chi connectivity index (χ4v) is 3.88. The van der Waals surface area contributed by atoms with E-state index in [1.165, 1.54) is 0 Å². The molecule has 0 heterocycles. The first-order valence-corrected chi connectivity index (χ1v) is 9.70. The monoisotopic (exact) mass is 389 g/mol. The summed E-state index contributed by atoms with van der Waals surface area (Å²) in [6.07, 6.45) is 3.71. The molecule has 0 radical (unpaired) electrons. The van der Waals surface area contributed by atoms with Crippen molar-refractivity contribution >= 4 is 10.4 Å². The second kappa shape index (κ2) is 10.2. The molecule has 0 fully saturated rings. The smallest absolute Gasteiger partial charge is 0.217 e. The minimum Gasteiger partial charge on any atom is -0.726 e. The molecule has 0 amide bonds. The van der Waals surface area contributed by atoms with Crippen LogP contribution in [-0.4, -0.2) is 19.1 Å². The Kier molecular flexibility index (Phi) is 8.59. The molecule has 0 bridgehead atoms. The molecule has 4 N–H and O–H groups in total. The molecule has 5 nitrogen and oxygen atoms in total. The Hall–Kier alpha value is -2.25. The van der Waals surface area contributed by atoms with Crippen molar-refractivity contribution in [3.63, 3.8) is 0 Å². The van der Waals surface area contributed by atoms with Crippen LogP contribution in [0.4, 0.5) is 0 Å². The Morgan fingerprint density at radius 1 is 0.963 bits per heavy atom. The molecule has 0 saturated carbocycles. The maximum atomic E-state index is 11.5. The lowest BCUT2D eigenvalue weighted by Gasteiger charge is -2.40. The summed E-state index contributed by atoms with van der Waals surface area (Å²) >= 11 is 0. The van der Waals surface area contributed by atoms with Gasteiger partial charge in [-0.15, -0.1) is 13.2 Å². The van der Waals surface area contributed by atoms with E-state index >= 15 is 0 Å². The summed E-state index contributed by atoms with van der Waals surface area (Å²) in [6.45, 7) is 7.64. The Balaban J connectivity index is 0.00000364. The van der Waals surface area contributed by atoms with Crippen LogP contribution in [-0.2, 0) is 26.4 Å². The molecule has 0 aliphatic carbocycles. The van der Waals surface area contributed by atoms with Crippen molar-refractivity contribution in [2.24, 2.45) is 0 Å². The maximum Gasteiger partial charge on any atom is 0.217 e. The topological polar surface area (TPSA) is 103 Å². The van der Waals surface area contributed by atoms with E-state index in [-0.39, 0.29) is 12.6 Å². The average molecular weight is 390 g/mol. The van der Waals surface area contributed by atoms with Crippen molar-refractivity contribution in [2.45, 2.75) is 30.8 Å². The second-order valence-electron chi connectivity index (χ2n) is 6.19. The van der Waals surface area contributed by atoms with E-state index in [2.05, 4.69) is 13.2 Å². The van der Waals surface area contributed by atoms with Crippen molar-refractivity contribution in [2.75, 3.05) is 0 Å². The second-order valence-corrected chi connectivity index (χ2v) is 7.20. The number of hydrogen-bond donors (Lipinski definition) is 1. The zero-order chi connectivity index (χ0) is 19.0.